The lowest BCUT2D eigenvalue weighted by molar-refractivity contribution is -0.277. The van der Waals surface area contributed by atoms with E-state index >= 15 is 0 Å². The van der Waals surface area contributed by atoms with Crippen LogP contribution in [0.3, 0.4) is 0 Å². The van der Waals surface area contributed by atoms with Crippen LogP contribution in [-0.2, 0) is 17.6 Å². The molecule has 2 aromatic carbocycles. The van der Waals surface area contributed by atoms with Crippen molar-refractivity contribution in [3.8, 4) is 23.0 Å². The van der Waals surface area contributed by atoms with Crippen LogP contribution in [-0.4, -0.2) is 75.1 Å². The second kappa shape index (κ2) is 9.50. The molecule has 9 heteroatoms. The number of phenols is 2. The molecule has 1 saturated heterocycles. The summed E-state index contributed by atoms with van der Waals surface area (Å²) in [5, 5.41) is 58.8. The van der Waals surface area contributed by atoms with Crippen molar-refractivity contribution in [2.75, 3.05) is 13.7 Å². The van der Waals surface area contributed by atoms with E-state index in [0.29, 0.717) is 18.6 Å². The summed E-state index contributed by atoms with van der Waals surface area (Å²) in [6, 6.07) is 9.59. The zero-order valence-electron chi connectivity index (χ0n) is 16.4. The van der Waals surface area contributed by atoms with Gasteiger partial charge in [0.05, 0.1) is 13.7 Å². The highest BCUT2D eigenvalue weighted by Gasteiger charge is 2.44. The molecular weight excluding hydrogens is 396 g/mol. The Labute approximate surface area is 173 Å². The molecule has 164 valence electrons. The normalized spacial score (nSPS) is 26.4. The van der Waals surface area contributed by atoms with Crippen LogP contribution in [0, 0.1) is 0 Å². The Balaban J connectivity index is 1.70. The van der Waals surface area contributed by atoms with Gasteiger partial charge >= 0.3 is 0 Å². The number of aromatic hydroxyl groups is 2. The molecule has 0 aliphatic carbocycles. The second-order valence-corrected chi connectivity index (χ2v) is 7.16. The second-order valence-electron chi connectivity index (χ2n) is 7.16. The molecule has 5 unspecified atom stereocenters. The minimum Gasteiger partial charge on any atom is -0.508 e. The van der Waals surface area contributed by atoms with Crippen molar-refractivity contribution < 1.29 is 44.8 Å². The Morgan fingerprint density at radius 1 is 0.900 bits per heavy atom. The first-order valence-corrected chi connectivity index (χ1v) is 9.48. The van der Waals surface area contributed by atoms with Gasteiger partial charge in [-0.1, -0.05) is 6.07 Å². The molecule has 0 bridgehead atoms. The molecule has 0 spiro atoms. The Kier molecular flexibility index (Phi) is 7.01. The number of aliphatic hydroxyl groups excluding tert-OH is 4. The first kappa shape index (κ1) is 22.1. The van der Waals surface area contributed by atoms with Crippen LogP contribution in [0.15, 0.2) is 36.4 Å². The van der Waals surface area contributed by atoms with E-state index in [1.807, 2.05) is 0 Å². The summed E-state index contributed by atoms with van der Waals surface area (Å²) < 4.78 is 16.0. The smallest absolute Gasteiger partial charge is 0.229 e. The van der Waals surface area contributed by atoms with Gasteiger partial charge in [0.2, 0.25) is 6.29 Å². The summed E-state index contributed by atoms with van der Waals surface area (Å²) in [4.78, 5) is 0. The minimum absolute atomic E-state index is 0.0498. The van der Waals surface area contributed by atoms with Crippen molar-refractivity contribution in [1.29, 1.82) is 0 Å². The fourth-order valence-corrected chi connectivity index (χ4v) is 3.32. The van der Waals surface area contributed by atoms with Crippen LogP contribution in [0.4, 0.5) is 0 Å². The van der Waals surface area contributed by atoms with Crippen LogP contribution in [0.2, 0.25) is 0 Å². The van der Waals surface area contributed by atoms with Crippen LogP contribution < -0.4 is 9.47 Å². The quantitative estimate of drug-likeness (QED) is 0.364. The SMILES string of the molecule is COc1cc(CCc2cc(O)cc(OC3OC(CO)C(O)C(O)C3O)c2)ccc1O. The summed E-state index contributed by atoms with van der Waals surface area (Å²) >= 11 is 0. The predicted octanol–water partition coefficient (Wildman–Crippen LogP) is 0.0703. The highest BCUT2D eigenvalue weighted by molar-refractivity contribution is 5.42. The molecule has 1 aliphatic rings. The molecule has 2 aromatic rings. The molecule has 3 rings (SSSR count). The van der Waals surface area contributed by atoms with Crippen molar-refractivity contribution in [2.45, 2.75) is 43.5 Å². The molecular formula is C21H26O9. The summed E-state index contributed by atoms with van der Waals surface area (Å²) in [5.41, 5.74) is 1.66. The Morgan fingerprint density at radius 3 is 2.33 bits per heavy atom. The summed E-state index contributed by atoms with van der Waals surface area (Å²) in [6.45, 7) is -0.563. The highest BCUT2D eigenvalue weighted by atomic mass is 16.7. The molecule has 0 amide bonds. The molecule has 30 heavy (non-hydrogen) atoms. The molecule has 0 saturated carbocycles. The number of benzene rings is 2. The van der Waals surface area contributed by atoms with Crippen molar-refractivity contribution in [3.05, 3.63) is 47.5 Å². The van der Waals surface area contributed by atoms with Gasteiger partial charge in [0, 0.05) is 6.07 Å². The number of hydrogen-bond donors (Lipinski definition) is 6. The van der Waals surface area contributed by atoms with Crippen LogP contribution >= 0.6 is 0 Å². The fraction of sp³-hybridized carbons (Fsp3) is 0.429. The molecule has 6 N–H and O–H groups in total. The first-order chi connectivity index (χ1) is 14.3. The lowest BCUT2D eigenvalue weighted by atomic mass is 9.99. The zero-order valence-corrected chi connectivity index (χ0v) is 16.4. The fourth-order valence-electron chi connectivity index (χ4n) is 3.32. The summed E-state index contributed by atoms with van der Waals surface area (Å²) in [7, 11) is 1.47. The number of methoxy groups -OCH3 is 1. The van der Waals surface area contributed by atoms with Crippen molar-refractivity contribution in [2.24, 2.45) is 0 Å². The van der Waals surface area contributed by atoms with E-state index in [-0.39, 0.29) is 17.2 Å². The van der Waals surface area contributed by atoms with E-state index in [1.54, 1.807) is 30.3 Å². The largest absolute Gasteiger partial charge is 0.508 e. The van der Waals surface area contributed by atoms with E-state index in [0.717, 1.165) is 11.1 Å². The minimum atomic E-state index is -1.55. The maximum atomic E-state index is 10.1. The number of aliphatic hydroxyl groups is 4. The molecule has 0 radical (unpaired) electrons. The van der Waals surface area contributed by atoms with Gasteiger partial charge in [-0.05, 0) is 48.2 Å². The van der Waals surface area contributed by atoms with E-state index in [2.05, 4.69) is 0 Å². The maximum Gasteiger partial charge on any atom is 0.229 e. The first-order valence-electron chi connectivity index (χ1n) is 9.48. The van der Waals surface area contributed by atoms with Gasteiger partial charge < -0.3 is 44.8 Å². The van der Waals surface area contributed by atoms with Crippen LogP contribution in [0.25, 0.3) is 0 Å². The van der Waals surface area contributed by atoms with Crippen LogP contribution in [0.5, 0.6) is 23.0 Å². The van der Waals surface area contributed by atoms with Crippen molar-refractivity contribution in [3.63, 3.8) is 0 Å². The van der Waals surface area contributed by atoms with E-state index in [1.165, 1.54) is 13.2 Å². The van der Waals surface area contributed by atoms with E-state index < -0.39 is 37.3 Å². The number of rotatable bonds is 7. The van der Waals surface area contributed by atoms with Crippen molar-refractivity contribution >= 4 is 0 Å². The number of hydrogen-bond acceptors (Lipinski definition) is 9. The standard InChI is InChI=1S/C21H26O9/c1-28-16-8-11(4-5-15(16)24)2-3-12-6-13(23)9-14(7-12)29-21-20(27)19(26)18(25)17(10-22)30-21/h4-9,17-27H,2-3,10H2,1H3. The van der Waals surface area contributed by atoms with Gasteiger partial charge in [-0.3, -0.25) is 0 Å². The molecule has 0 aromatic heterocycles. The average Bonchev–Trinajstić information content (AvgIpc) is 2.73. The Morgan fingerprint density at radius 2 is 1.63 bits per heavy atom. The Hall–Kier alpha value is -2.56. The van der Waals surface area contributed by atoms with Gasteiger partial charge in [0.25, 0.3) is 0 Å². The third kappa shape index (κ3) is 4.94. The number of aryl methyl sites for hydroxylation is 2. The maximum absolute atomic E-state index is 10.1. The van der Waals surface area contributed by atoms with Gasteiger partial charge in [0.1, 0.15) is 35.9 Å². The van der Waals surface area contributed by atoms with Gasteiger partial charge in [-0.2, -0.15) is 0 Å². The molecule has 1 aliphatic heterocycles. The van der Waals surface area contributed by atoms with Gasteiger partial charge in [-0.25, -0.2) is 0 Å². The van der Waals surface area contributed by atoms with E-state index in [4.69, 9.17) is 14.2 Å². The topological polar surface area (TPSA) is 149 Å². The zero-order chi connectivity index (χ0) is 21.8. The van der Waals surface area contributed by atoms with Crippen LogP contribution in [0.1, 0.15) is 11.1 Å². The third-order valence-electron chi connectivity index (χ3n) is 5.00. The lowest BCUT2D eigenvalue weighted by Gasteiger charge is -2.39. The van der Waals surface area contributed by atoms with E-state index in [9.17, 15) is 30.6 Å². The Bertz CT molecular complexity index is 854. The lowest BCUT2D eigenvalue weighted by Crippen LogP contribution is -2.60. The molecule has 9 nitrogen and oxygen atoms in total. The summed E-state index contributed by atoms with van der Waals surface area (Å²) in [6.07, 6.45) is -5.87. The predicted molar refractivity (Wildman–Crippen MR) is 105 cm³/mol. The number of ether oxygens (including phenoxy) is 3. The molecule has 5 atom stereocenters. The molecule has 1 heterocycles. The average molecular weight is 422 g/mol. The summed E-state index contributed by atoms with van der Waals surface area (Å²) in [5.74, 6) is 0.553. The highest BCUT2D eigenvalue weighted by Crippen LogP contribution is 2.29. The monoisotopic (exact) mass is 422 g/mol. The van der Waals surface area contributed by atoms with Gasteiger partial charge in [0.15, 0.2) is 11.5 Å². The number of phenolic OH excluding ortho intramolecular Hbond substituents is 2. The third-order valence-corrected chi connectivity index (χ3v) is 5.00. The van der Waals surface area contributed by atoms with Crippen molar-refractivity contribution in [1.82, 2.24) is 0 Å². The molecule has 1 fully saturated rings. The van der Waals surface area contributed by atoms with Gasteiger partial charge in [-0.15, -0.1) is 0 Å².